The molecule has 0 saturated carbocycles. The lowest BCUT2D eigenvalue weighted by atomic mass is 9.95. The lowest BCUT2D eigenvalue weighted by Gasteiger charge is -2.37. The van der Waals surface area contributed by atoms with Crippen molar-refractivity contribution in [2.45, 2.75) is 19.0 Å². The van der Waals surface area contributed by atoms with Crippen LogP contribution >= 0.6 is 0 Å². The maximum absolute atomic E-state index is 13.0. The Balaban J connectivity index is 1.58. The Morgan fingerprint density at radius 2 is 1.93 bits per heavy atom. The molecule has 28 heavy (non-hydrogen) atoms. The highest BCUT2D eigenvalue weighted by Gasteiger charge is 2.32. The van der Waals surface area contributed by atoms with Crippen molar-refractivity contribution < 1.29 is 22.7 Å². The van der Waals surface area contributed by atoms with Gasteiger partial charge >= 0.3 is 6.18 Å². The molecule has 4 rings (SSSR count). The van der Waals surface area contributed by atoms with Gasteiger partial charge in [-0.3, -0.25) is 9.78 Å². The number of benzene rings is 1. The maximum Gasteiger partial charge on any atom is 0.416 e. The molecule has 8 heteroatoms. The number of aromatic nitrogens is 1. The number of pyridine rings is 1. The highest BCUT2D eigenvalue weighted by molar-refractivity contribution is 5.92. The van der Waals surface area contributed by atoms with E-state index in [0.717, 1.165) is 37.2 Å². The molecule has 2 aromatic rings. The standard InChI is InChI=1S/C20H22F3N3O2/c21-20(22,23)15-3-4-16-17(12-15)24-6-5-18(16)26-7-1-2-14(13-26)19(27)25-8-10-28-11-9-25/h3-6,12,14H,1-2,7-11,13H2. The molecule has 5 nitrogen and oxygen atoms in total. The first-order valence-electron chi connectivity index (χ1n) is 9.51. The molecule has 2 aliphatic rings. The first-order chi connectivity index (χ1) is 13.4. The van der Waals surface area contributed by atoms with E-state index in [4.69, 9.17) is 4.74 Å². The van der Waals surface area contributed by atoms with Gasteiger partial charge in [-0.05, 0) is 31.0 Å². The minimum atomic E-state index is -4.40. The zero-order valence-electron chi connectivity index (χ0n) is 15.4. The van der Waals surface area contributed by atoms with E-state index >= 15 is 0 Å². The lowest BCUT2D eigenvalue weighted by Crippen LogP contribution is -2.48. The van der Waals surface area contributed by atoms with Crippen LogP contribution in [0, 0.1) is 5.92 Å². The van der Waals surface area contributed by atoms with Crippen LogP contribution < -0.4 is 4.90 Å². The molecule has 150 valence electrons. The molecule has 2 aliphatic heterocycles. The largest absolute Gasteiger partial charge is 0.416 e. The van der Waals surface area contributed by atoms with Crippen LogP contribution in [0.15, 0.2) is 30.5 Å². The van der Waals surface area contributed by atoms with Gasteiger partial charge in [-0.2, -0.15) is 13.2 Å². The number of nitrogens with zero attached hydrogens (tertiary/aromatic N) is 3. The van der Waals surface area contributed by atoms with Crippen molar-refractivity contribution in [1.29, 1.82) is 0 Å². The quantitative estimate of drug-likeness (QED) is 0.785. The summed E-state index contributed by atoms with van der Waals surface area (Å²) in [6.45, 7) is 3.71. The number of alkyl halides is 3. The van der Waals surface area contributed by atoms with Crippen molar-refractivity contribution in [3.8, 4) is 0 Å². The van der Waals surface area contributed by atoms with E-state index in [1.54, 1.807) is 0 Å². The van der Waals surface area contributed by atoms with E-state index in [1.807, 2.05) is 11.0 Å². The van der Waals surface area contributed by atoms with Crippen molar-refractivity contribution >= 4 is 22.5 Å². The minimum absolute atomic E-state index is 0.107. The molecule has 1 aromatic carbocycles. The Morgan fingerprint density at radius 3 is 2.68 bits per heavy atom. The Hall–Kier alpha value is -2.35. The van der Waals surface area contributed by atoms with Crippen LogP contribution in [0.4, 0.5) is 18.9 Å². The predicted molar refractivity (Wildman–Crippen MR) is 99.1 cm³/mol. The first-order valence-corrected chi connectivity index (χ1v) is 9.51. The van der Waals surface area contributed by atoms with Gasteiger partial charge in [0.25, 0.3) is 0 Å². The first kappa shape index (κ1) is 19.0. The zero-order chi connectivity index (χ0) is 19.7. The van der Waals surface area contributed by atoms with Gasteiger partial charge in [0.2, 0.25) is 5.91 Å². The van der Waals surface area contributed by atoms with E-state index in [2.05, 4.69) is 9.88 Å². The second-order valence-corrected chi connectivity index (χ2v) is 7.28. The van der Waals surface area contributed by atoms with Crippen LogP contribution in [0.25, 0.3) is 10.9 Å². The minimum Gasteiger partial charge on any atom is -0.378 e. The summed E-state index contributed by atoms with van der Waals surface area (Å²) in [4.78, 5) is 20.9. The molecule has 1 aromatic heterocycles. The number of hydrogen-bond donors (Lipinski definition) is 0. The number of morpholine rings is 1. The maximum atomic E-state index is 13.0. The number of rotatable bonds is 2. The Kier molecular flexibility index (Phi) is 5.14. The van der Waals surface area contributed by atoms with Gasteiger partial charge in [0.15, 0.2) is 0 Å². The number of carbonyl (C=O) groups excluding carboxylic acids is 1. The molecule has 0 bridgehead atoms. The molecule has 0 N–H and O–H groups in total. The third-order valence-electron chi connectivity index (χ3n) is 5.48. The Labute approximate surface area is 161 Å². The summed E-state index contributed by atoms with van der Waals surface area (Å²) in [7, 11) is 0. The number of hydrogen-bond acceptors (Lipinski definition) is 4. The molecular weight excluding hydrogens is 371 g/mol. The molecule has 3 heterocycles. The SMILES string of the molecule is O=C(C1CCCN(c2ccnc3cc(C(F)(F)F)ccc23)C1)N1CCOCC1. The van der Waals surface area contributed by atoms with Gasteiger partial charge in [-0.1, -0.05) is 6.07 Å². The van der Waals surface area contributed by atoms with Gasteiger partial charge in [0.1, 0.15) is 0 Å². The molecule has 1 unspecified atom stereocenters. The number of carbonyl (C=O) groups is 1. The van der Waals surface area contributed by atoms with Gasteiger partial charge < -0.3 is 14.5 Å². The van der Waals surface area contributed by atoms with Crippen molar-refractivity contribution in [3.63, 3.8) is 0 Å². The molecule has 1 amide bonds. The normalized spacial score (nSPS) is 21.2. The van der Waals surface area contributed by atoms with Crippen LogP contribution in [0.2, 0.25) is 0 Å². The monoisotopic (exact) mass is 393 g/mol. The summed E-state index contributed by atoms with van der Waals surface area (Å²) in [6, 6.07) is 5.47. The molecular formula is C20H22F3N3O2. The highest BCUT2D eigenvalue weighted by atomic mass is 19.4. The summed E-state index contributed by atoms with van der Waals surface area (Å²) < 4.78 is 44.3. The predicted octanol–water partition coefficient (Wildman–Crippen LogP) is 3.33. The van der Waals surface area contributed by atoms with Gasteiger partial charge in [0.05, 0.1) is 30.2 Å². The van der Waals surface area contributed by atoms with Crippen LogP contribution in [0.3, 0.4) is 0 Å². The van der Waals surface area contributed by atoms with Crippen LogP contribution in [0.5, 0.6) is 0 Å². The Morgan fingerprint density at radius 1 is 1.14 bits per heavy atom. The zero-order valence-corrected chi connectivity index (χ0v) is 15.4. The topological polar surface area (TPSA) is 45.7 Å². The van der Waals surface area contributed by atoms with Crippen molar-refractivity contribution in [1.82, 2.24) is 9.88 Å². The molecule has 0 aliphatic carbocycles. The molecule has 0 radical (unpaired) electrons. The van der Waals surface area contributed by atoms with Crippen molar-refractivity contribution in [3.05, 3.63) is 36.0 Å². The number of fused-ring (bicyclic) bond motifs is 1. The van der Waals surface area contributed by atoms with E-state index in [-0.39, 0.29) is 11.8 Å². The molecule has 0 spiro atoms. The number of ether oxygens (including phenoxy) is 1. The van der Waals surface area contributed by atoms with Crippen molar-refractivity contribution in [2.75, 3.05) is 44.3 Å². The van der Waals surface area contributed by atoms with E-state index in [9.17, 15) is 18.0 Å². The number of halogens is 3. The lowest BCUT2D eigenvalue weighted by molar-refractivity contribution is -0.140. The fourth-order valence-corrected chi connectivity index (χ4v) is 4.02. The second-order valence-electron chi connectivity index (χ2n) is 7.28. The molecule has 1 atom stereocenters. The second kappa shape index (κ2) is 7.58. The van der Waals surface area contributed by atoms with E-state index in [0.29, 0.717) is 43.8 Å². The summed E-state index contributed by atoms with van der Waals surface area (Å²) in [6.07, 6.45) is -1.17. The van der Waals surface area contributed by atoms with Gasteiger partial charge in [-0.25, -0.2) is 0 Å². The Bertz CT molecular complexity index is 865. The number of anilines is 1. The highest BCUT2D eigenvalue weighted by Crippen LogP contribution is 2.34. The summed E-state index contributed by atoms with van der Waals surface area (Å²) in [5, 5.41) is 0.676. The average molecular weight is 393 g/mol. The smallest absolute Gasteiger partial charge is 0.378 e. The van der Waals surface area contributed by atoms with E-state index < -0.39 is 11.7 Å². The summed E-state index contributed by atoms with van der Waals surface area (Å²) in [5.41, 5.74) is 0.441. The van der Waals surface area contributed by atoms with Gasteiger partial charge in [-0.15, -0.1) is 0 Å². The third kappa shape index (κ3) is 3.78. The molecule has 2 fully saturated rings. The summed E-state index contributed by atoms with van der Waals surface area (Å²) in [5.74, 6) is 0.0373. The van der Waals surface area contributed by atoms with Crippen molar-refractivity contribution in [2.24, 2.45) is 5.92 Å². The fraction of sp³-hybridized carbons (Fsp3) is 0.500. The summed E-state index contributed by atoms with van der Waals surface area (Å²) >= 11 is 0. The van der Waals surface area contributed by atoms with E-state index in [1.165, 1.54) is 12.3 Å². The number of piperidine rings is 1. The van der Waals surface area contributed by atoms with Crippen LogP contribution in [-0.4, -0.2) is 55.2 Å². The molecule has 2 saturated heterocycles. The van der Waals surface area contributed by atoms with Crippen LogP contribution in [0.1, 0.15) is 18.4 Å². The number of amides is 1. The van der Waals surface area contributed by atoms with Crippen LogP contribution in [-0.2, 0) is 15.7 Å². The van der Waals surface area contributed by atoms with Gasteiger partial charge in [0, 0.05) is 43.4 Å². The third-order valence-corrected chi connectivity index (χ3v) is 5.48. The average Bonchev–Trinajstić information content (AvgIpc) is 2.72. The fourth-order valence-electron chi connectivity index (χ4n) is 4.02.